The molecule has 2 aromatic heterocycles. The Kier molecular flexibility index (Phi) is 4.01. The molecule has 0 atom stereocenters. The molecule has 6 nitrogen and oxygen atoms in total. The molecule has 0 saturated carbocycles. The Bertz CT molecular complexity index is 1150. The summed E-state index contributed by atoms with van der Waals surface area (Å²) in [7, 11) is 0. The van der Waals surface area contributed by atoms with Gasteiger partial charge in [-0.2, -0.15) is 4.98 Å². The van der Waals surface area contributed by atoms with Crippen LogP contribution in [0.3, 0.4) is 0 Å². The van der Waals surface area contributed by atoms with Crippen molar-refractivity contribution < 1.29 is 18.7 Å². The summed E-state index contributed by atoms with van der Waals surface area (Å²) < 4.78 is 16.8. The number of pyridine rings is 1. The number of hydrogen-bond acceptors (Lipinski definition) is 6. The van der Waals surface area contributed by atoms with Crippen molar-refractivity contribution in [3.05, 3.63) is 71.9 Å². The molecule has 0 spiro atoms. The van der Waals surface area contributed by atoms with E-state index in [-0.39, 0.29) is 12.2 Å². The van der Waals surface area contributed by atoms with Gasteiger partial charge >= 0.3 is 0 Å². The smallest absolute Gasteiger partial charge is 0.228 e. The van der Waals surface area contributed by atoms with Gasteiger partial charge in [0.05, 0.1) is 0 Å². The summed E-state index contributed by atoms with van der Waals surface area (Å²) in [4.78, 5) is 21.4. The first-order chi connectivity index (χ1) is 13.8. The quantitative estimate of drug-likeness (QED) is 0.503. The minimum Gasteiger partial charge on any atom is -0.486 e. The monoisotopic (exact) mass is 372 g/mol. The first-order valence-corrected chi connectivity index (χ1v) is 9.00. The average molecular weight is 372 g/mol. The number of Topliss-reactive ketones (excluding diaryl/α,β-unsaturated/α-hetero) is 1. The average Bonchev–Trinajstić information content (AvgIpc) is 3.18. The fourth-order valence-corrected chi connectivity index (χ4v) is 3.21. The number of nitrogens with zero attached hydrogens (tertiary/aromatic N) is 2. The molecule has 0 amide bonds. The van der Waals surface area contributed by atoms with Crippen LogP contribution in [0, 0.1) is 0 Å². The fourth-order valence-electron chi connectivity index (χ4n) is 3.21. The van der Waals surface area contributed by atoms with Crippen LogP contribution >= 0.6 is 0 Å². The predicted molar refractivity (Wildman–Crippen MR) is 103 cm³/mol. The molecule has 0 saturated heterocycles. The summed E-state index contributed by atoms with van der Waals surface area (Å²) in [5, 5.41) is 0. The molecule has 4 aromatic rings. The van der Waals surface area contributed by atoms with Crippen molar-refractivity contribution in [2.75, 3.05) is 13.2 Å². The van der Waals surface area contributed by atoms with E-state index in [1.165, 1.54) is 0 Å². The Labute approximate surface area is 160 Å². The van der Waals surface area contributed by atoms with Crippen molar-refractivity contribution in [1.82, 2.24) is 9.97 Å². The molecule has 1 aliphatic rings. The zero-order valence-electron chi connectivity index (χ0n) is 14.9. The summed E-state index contributed by atoms with van der Waals surface area (Å²) in [6.07, 6.45) is 1.95. The lowest BCUT2D eigenvalue weighted by atomic mass is 10.0. The summed E-state index contributed by atoms with van der Waals surface area (Å²) in [6, 6.07) is 16.6. The van der Waals surface area contributed by atoms with Gasteiger partial charge in [-0.25, -0.2) is 4.98 Å². The molecule has 0 aliphatic carbocycles. The second-order valence-electron chi connectivity index (χ2n) is 6.50. The summed E-state index contributed by atoms with van der Waals surface area (Å²) in [5.41, 5.74) is 3.49. The van der Waals surface area contributed by atoms with Gasteiger partial charge < -0.3 is 13.9 Å². The van der Waals surface area contributed by atoms with E-state index in [0.29, 0.717) is 47.4 Å². The van der Waals surface area contributed by atoms with E-state index >= 15 is 0 Å². The molecular formula is C22H16N2O4. The van der Waals surface area contributed by atoms with E-state index in [1.54, 1.807) is 30.5 Å². The van der Waals surface area contributed by atoms with Gasteiger partial charge in [-0.15, -0.1) is 0 Å². The molecule has 0 radical (unpaired) electrons. The van der Waals surface area contributed by atoms with E-state index < -0.39 is 0 Å². The van der Waals surface area contributed by atoms with Crippen molar-refractivity contribution in [1.29, 1.82) is 0 Å². The molecule has 1 aliphatic heterocycles. The Hall–Kier alpha value is -3.67. The lowest BCUT2D eigenvalue weighted by Gasteiger charge is -2.18. The minimum atomic E-state index is 0.00774. The second-order valence-corrected chi connectivity index (χ2v) is 6.50. The van der Waals surface area contributed by atoms with Gasteiger partial charge in [-0.05, 0) is 48.0 Å². The SMILES string of the molecule is O=C(Cc1cccc(-c2nc3ncccc3o2)c1)c1ccc2c(c1)OCCO2. The number of benzene rings is 2. The maximum atomic E-state index is 12.7. The van der Waals surface area contributed by atoms with Crippen molar-refractivity contribution in [2.24, 2.45) is 0 Å². The van der Waals surface area contributed by atoms with Gasteiger partial charge in [0.1, 0.15) is 13.2 Å². The Morgan fingerprint density at radius 2 is 1.86 bits per heavy atom. The molecule has 0 unspecified atom stereocenters. The first kappa shape index (κ1) is 16.5. The molecule has 28 heavy (non-hydrogen) atoms. The minimum absolute atomic E-state index is 0.00774. The standard InChI is InChI=1S/C22H16N2O4/c25-17(15-6-7-18-20(13-15)27-10-9-26-18)12-14-3-1-4-16(11-14)22-24-21-19(28-22)5-2-8-23-21/h1-8,11,13H,9-10,12H2. The number of carbonyl (C=O) groups is 1. The number of ketones is 1. The highest BCUT2D eigenvalue weighted by atomic mass is 16.6. The lowest BCUT2D eigenvalue weighted by molar-refractivity contribution is 0.0991. The highest BCUT2D eigenvalue weighted by Gasteiger charge is 2.16. The number of carbonyl (C=O) groups excluding carboxylic acids is 1. The van der Waals surface area contributed by atoms with Crippen LogP contribution in [-0.2, 0) is 6.42 Å². The normalized spacial score (nSPS) is 12.9. The highest BCUT2D eigenvalue weighted by molar-refractivity contribution is 5.98. The first-order valence-electron chi connectivity index (χ1n) is 9.00. The van der Waals surface area contributed by atoms with E-state index in [9.17, 15) is 4.79 Å². The molecule has 5 rings (SSSR count). The second kappa shape index (κ2) is 6.81. The summed E-state index contributed by atoms with van der Waals surface area (Å²) >= 11 is 0. The van der Waals surface area contributed by atoms with Crippen LogP contribution in [0.4, 0.5) is 0 Å². The van der Waals surface area contributed by atoms with Crippen LogP contribution < -0.4 is 9.47 Å². The summed E-state index contributed by atoms with van der Waals surface area (Å²) in [5.74, 6) is 1.79. The van der Waals surface area contributed by atoms with E-state index in [2.05, 4.69) is 9.97 Å². The van der Waals surface area contributed by atoms with Gasteiger partial charge in [0.2, 0.25) is 5.89 Å². The highest BCUT2D eigenvalue weighted by Crippen LogP contribution is 2.31. The Balaban J connectivity index is 1.40. The number of hydrogen-bond donors (Lipinski definition) is 0. The molecule has 0 bridgehead atoms. The van der Waals surface area contributed by atoms with E-state index in [1.807, 2.05) is 30.3 Å². The molecule has 0 fully saturated rings. The zero-order valence-corrected chi connectivity index (χ0v) is 14.9. The van der Waals surface area contributed by atoms with Gasteiger partial charge in [0, 0.05) is 23.7 Å². The maximum Gasteiger partial charge on any atom is 0.228 e. The number of rotatable bonds is 4. The van der Waals surface area contributed by atoms with Crippen LogP contribution in [0.2, 0.25) is 0 Å². The number of oxazole rings is 1. The van der Waals surface area contributed by atoms with E-state index in [4.69, 9.17) is 13.9 Å². The van der Waals surface area contributed by atoms with Crippen molar-refractivity contribution in [3.8, 4) is 23.0 Å². The maximum absolute atomic E-state index is 12.7. The van der Waals surface area contributed by atoms with Crippen molar-refractivity contribution >= 4 is 17.0 Å². The number of aromatic nitrogens is 2. The van der Waals surface area contributed by atoms with Crippen LogP contribution in [0.15, 0.2) is 65.2 Å². The van der Waals surface area contributed by atoms with Crippen molar-refractivity contribution in [2.45, 2.75) is 6.42 Å². The Morgan fingerprint density at radius 3 is 2.75 bits per heavy atom. The van der Waals surface area contributed by atoms with Crippen LogP contribution in [-0.4, -0.2) is 29.0 Å². The molecule has 138 valence electrons. The van der Waals surface area contributed by atoms with Crippen LogP contribution in [0.5, 0.6) is 11.5 Å². The lowest BCUT2D eigenvalue weighted by Crippen LogP contribution is -2.16. The third-order valence-corrected chi connectivity index (χ3v) is 4.57. The predicted octanol–water partition coefficient (Wildman–Crippen LogP) is 4.09. The number of fused-ring (bicyclic) bond motifs is 2. The molecule has 3 heterocycles. The van der Waals surface area contributed by atoms with Gasteiger partial charge in [-0.3, -0.25) is 4.79 Å². The van der Waals surface area contributed by atoms with Gasteiger partial charge in [-0.1, -0.05) is 12.1 Å². The van der Waals surface area contributed by atoms with Gasteiger partial charge in [0.25, 0.3) is 0 Å². The summed E-state index contributed by atoms with van der Waals surface area (Å²) in [6.45, 7) is 1.02. The number of ether oxygens (including phenoxy) is 2. The van der Waals surface area contributed by atoms with Crippen molar-refractivity contribution in [3.63, 3.8) is 0 Å². The third-order valence-electron chi connectivity index (χ3n) is 4.57. The van der Waals surface area contributed by atoms with Crippen LogP contribution in [0.1, 0.15) is 15.9 Å². The van der Waals surface area contributed by atoms with E-state index in [0.717, 1.165) is 11.1 Å². The topological polar surface area (TPSA) is 74.5 Å². The molecule has 6 heteroatoms. The largest absolute Gasteiger partial charge is 0.486 e. The molecular weight excluding hydrogens is 356 g/mol. The third kappa shape index (κ3) is 3.09. The zero-order chi connectivity index (χ0) is 18.9. The fraction of sp³-hybridized carbons (Fsp3) is 0.136. The van der Waals surface area contributed by atoms with Crippen LogP contribution in [0.25, 0.3) is 22.7 Å². The molecule has 0 N–H and O–H groups in total. The Morgan fingerprint density at radius 1 is 0.964 bits per heavy atom. The molecule has 2 aromatic carbocycles. The van der Waals surface area contributed by atoms with Gasteiger partial charge in [0.15, 0.2) is 28.5 Å².